The maximum Gasteiger partial charge on any atom is 0.272 e. The zero-order valence-electron chi connectivity index (χ0n) is 13.9. The van der Waals surface area contributed by atoms with Gasteiger partial charge in [-0.15, -0.1) is 0 Å². The zero-order chi connectivity index (χ0) is 17.4. The second-order valence-corrected chi connectivity index (χ2v) is 6.44. The molecule has 1 aromatic carbocycles. The molecule has 0 radical (unpaired) electrons. The van der Waals surface area contributed by atoms with Gasteiger partial charge in [0.2, 0.25) is 0 Å². The lowest BCUT2D eigenvalue weighted by Gasteiger charge is -2.34. The van der Waals surface area contributed by atoms with Crippen molar-refractivity contribution < 1.29 is 19.1 Å². The number of amides is 1. The fourth-order valence-corrected chi connectivity index (χ4v) is 3.50. The number of carbonyl (C=O) groups is 2. The summed E-state index contributed by atoms with van der Waals surface area (Å²) in [4.78, 5) is 31.0. The van der Waals surface area contributed by atoms with Crippen LogP contribution in [0.15, 0.2) is 42.6 Å². The predicted octanol–water partition coefficient (Wildman–Crippen LogP) is 2.34. The molecule has 3 heterocycles. The van der Waals surface area contributed by atoms with Crippen molar-refractivity contribution in [2.45, 2.75) is 18.4 Å². The van der Waals surface area contributed by atoms with E-state index in [9.17, 15) is 9.59 Å². The van der Waals surface area contributed by atoms with Gasteiger partial charge in [-0.25, -0.2) is 0 Å². The van der Waals surface area contributed by atoms with E-state index in [4.69, 9.17) is 9.47 Å². The van der Waals surface area contributed by atoms with Gasteiger partial charge in [-0.2, -0.15) is 0 Å². The SMILES string of the molecule is COc1ccc2c(c1)C(=O)CC1(CCN(C(=O)c3ccccn3)C1)O2. The van der Waals surface area contributed by atoms with E-state index in [1.165, 1.54) is 0 Å². The van der Waals surface area contributed by atoms with Gasteiger partial charge in [0.25, 0.3) is 5.91 Å². The number of rotatable bonds is 2. The van der Waals surface area contributed by atoms with Crippen LogP contribution in [-0.2, 0) is 0 Å². The topological polar surface area (TPSA) is 68.7 Å². The molecule has 1 unspecified atom stereocenters. The Hall–Kier alpha value is -2.89. The van der Waals surface area contributed by atoms with E-state index in [2.05, 4.69) is 4.98 Å². The van der Waals surface area contributed by atoms with Crippen molar-refractivity contribution >= 4 is 11.7 Å². The number of methoxy groups -OCH3 is 1. The Morgan fingerprint density at radius 2 is 2.20 bits per heavy atom. The molecule has 0 aliphatic carbocycles. The highest BCUT2D eigenvalue weighted by Gasteiger charge is 2.47. The summed E-state index contributed by atoms with van der Waals surface area (Å²) in [6.07, 6.45) is 2.49. The molecule has 128 valence electrons. The van der Waals surface area contributed by atoms with Crippen molar-refractivity contribution in [3.63, 3.8) is 0 Å². The average molecular weight is 338 g/mol. The first-order valence-corrected chi connectivity index (χ1v) is 8.21. The molecule has 6 heteroatoms. The van der Waals surface area contributed by atoms with E-state index >= 15 is 0 Å². The molecular formula is C19H18N2O4. The molecule has 0 saturated carbocycles. The molecule has 2 aliphatic heterocycles. The molecule has 2 aliphatic rings. The Balaban J connectivity index is 1.56. The van der Waals surface area contributed by atoms with Crippen LogP contribution < -0.4 is 9.47 Å². The van der Waals surface area contributed by atoms with Crippen LogP contribution in [0.1, 0.15) is 33.7 Å². The Morgan fingerprint density at radius 3 is 2.96 bits per heavy atom. The Morgan fingerprint density at radius 1 is 1.32 bits per heavy atom. The predicted molar refractivity (Wildman–Crippen MR) is 90.1 cm³/mol. The number of fused-ring (bicyclic) bond motifs is 1. The second kappa shape index (κ2) is 5.88. The van der Waals surface area contributed by atoms with E-state index < -0.39 is 5.60 Å². The molecule has 0 N–H and O–H groups in total. The van der Waals surface area contributed by atoms with Crippen LogP contribution >= 0.6 is 0 Å². The zero-order valence-corrected chi connectivity index (χ0v) is 13.9. The van der Waals surface area contributed by atoms with Gasteiger partial charge in [0.05, 0.1) is 25.6 Å². The van der Waals surface area contributed by atoms with Gasteiger partial charge in [-0.1, -0.05) is 6.07 Å². The summed E-state index contributed by atoms with van der Waals surface area (Å²) in [7, 11) is 1.56. The minimum Gasteiger partial charge on any atom is -0.497 e. The standard InChI is InChI=1S/C19H18N2O4/c1-24-13-5-6-17-14(10-13)16(22)11-19(25-17)7-9-21(12-19)18(23)15-4-2-3-8-20-15/h2-6,8,10H,7,9,11-12H2,1H3. The van der Waals surface area contributed by atoms with Gasteiger partial charge in [-0.05, 0) is 30.3 Å². The van der Waals surface area contributed by atoms with E-state index in [0.29, 0.717) is 42.3 Å². The molecule has 2 aromatic rings. The summed E-state index contributed by atoms with van der Waals surface area (Å²) in [5.74, 6) is 1.08. The van der Waals surface area contributed by atoms with Crippen LogP contribution in [0.2, 0.25) is 0 Å². The monoisotopic (exact) mass is 338 g/mol. The van der Waals surface area contributed by atoms with Crippen LogP contribution in [-0.4, -0.2) is 47.4 Å². The lowest BCUT2D eigenvalue weighted by Crippen LogP contribution is -2.45. The van der Waals surface area contributed by atoms with Crippen LogP contribution in [0, 0.1) is 0 Å². The van der Waals surface area contributed by atoms with Crippen LogP contribution in [0.25, 0.3) is 0 Å². The smallest absolute Gasteiger partial charge is 0.272 e. The highest BCUT2D eigenvalue weighted by atomic mass is 16.5. The quantitative estimate of drug-likeness (QED) is 0.841. The number of likely N-dealkylation sites (tertiary alicyclic amines) is 1. The fourth-order valence-electron chi connectivity index (χ4n) is 3.50. The molecule has 1 atom stereocenters. The van der Waals surface area contributed by atoms with Crippen LogP contribution in [0.5, 0.6) is 11.5 Å². The summed E-state index contributed by atoms with van der Waals surface area (Å²) in [5, 5.41) is 0. The number of carbonyl (C=O) groups excluding carboxylic acids is 2. The van der Waals surface area contributed by atoms with Crippen LogP contribution in [0.4, 0.5) is 0 Å². The van der Waals surface area contributed by atoms with Crippen LogP contribution in [0.3, 0.4) is 0 Å². The number of nitrogens with zero attached hydrogens (tertiary/aromatic N) is 2. The summed E-state index contributed by atoms with van der Waals surface area (Å²) in [6, 6.07) is 10.5. The molecule has 25 heavy (non-hydrogen) atoms. The minimum atomic E-state index is -0.650. The molecule has 6 nitrogen and oxygen atoms in total. The average Bonchev–Trinajstić information content (AvgIpc) is 3.04. The highest BCUT2D eigenvalue weighted by molar-refractivity contribution is 6.01. The van der Waals surface area contributed by atoms with E-state index in [-0.39, 0.29) is 18.1 Å². The normalized spacial score (nSPS) is 21.8. The van der Waals surface area contributed by atoms with Gasteiger partial charge >= 0.3 is 0 Å². The molecular weight excluding hydrogens is 320 g/mol. The van der Waals surface area contributed by atoms with E-state index in [1.54, 1.807) is 54.6 Å². The third-order valence-corrected chi connectivity index (χ3v) is 4.78. The molecule has 1 amide bonds. The number of aromatic nitrogens is 1. The van der Waals surface area contributed by atoms with Crippen molar-refractivity contribution in [3.05, 3.63) is 53.9 Å². The van der Waals surface area contributed by atoms with Gasteiger partial charge in [0.1, 0.15) is 22.8 Å². The van der Waals surface area contributed by atoms with Crippen molar-refractivity contribution in [3.8, 4) is 11.5 Å². The highest BCUT2D eigenvalue weighted by Crippen LogP contribution is 2.40. The molecule has 1 saturated heterocycles. The van der Waals surface area contributed by atoms with E-state index in [0.717, 1.165) is 0 Å². The lowest BCUT2D eigenvalue weighted by atomic mass is 9.89. The number of hydrogen-bond acceptors (Lipinski definition) is 5. The molecule has 1 spiro atoms. The molecule has 1 aromatic heterocycles. The summed E-state index contributed by atoms with van der Waals surface area (Å²) >= 11 is 0. The van der Waals surface area contributed by atoms with Gasteiger partial charge < -0.3 is 14.4 Å². The molecule has 4 rings (SSSR count). The van der Waals surface area contributed by atoms with Crippen molar-refractivity contribution in [1.29, 1.82) is 0 Å². The number of pyridine rings is 1. The summed E-state index contributed by atoms with van der Waals surface area (Å²) < 4.78 is 11.4. The summed E-state index contributed by atoms with van der Waals surface area (Å²) in [5.41, 5.74) is 0.301. The van der Waals surface area contributed by atoms with Gasteiger partial charge in [-0.3, -0.25) is 14.6 Å². The fraction of sp³-hybridized carbons (Fsp3) is 0.316. The van der Waals surface area contributed by atoms with Crippen molar-refractivity contribution in [2.24, 2.45) is 0 Å². The Labute approximate surface area is 145 Å². The Kier molecular flexibility index (Phi) is 3.67. The van der Waals surface area contributed by atoms with E-state index in [1.807, 2.05) is 0 Å². The largest absolute Gasteiger partial charge is 0.497 e. The summed E-state index contributed by atoms with van der Waals surface area (Å²) in [6.45, 7) is 0.938. The van der Waals surface area contributed by atoms with Gasteiger partial charge in [0.15, 0.2) is 5.78 Å². The Bertz CT molecular complexity index is 837. The van der Waals surface area contributed by atoms with Gasteiger partial charge in [0, 0.05) is 19.2 Å². The number of hydrogen-bond donors (Lipinski definition) is 0. The van der Waals surface area contributed by atoms with Crippen molar-refractivity contribution in [1.82, 2.24) is 9.88 Å². The maximum absolute atomic E-state index is 12.6. The first-order chi connectivity index (χ1) is 12.1. The number of Topliss-reactive ketones (excluding diaryl/α,β-unsaturated/α-hetero) is 1. The first-order valence-electron chi connectivity index (χ1n) is 8.21. The second-order valence-electron chi connectivity index (χ2n) is 6.44. The third-order valence-electron chi connectivity index (χ3n) is 4.78. The molecule has 1 fully saturated rings. The maximum atomic E-state index is 12.6. The number of benzene rings is 1. The molecule has 0 bridgehead atoms. The minimum absolute atomic E-state index is 0.0206. The number of ether oxygens (including phenoxy) is 2. The lowest BCUT2D eigenvalue weighted by molar-refractivity contribution is 0.0426. The van der Waals surface area contributed by atoms with Crippen molar-refractivity contribution in [2.75, 3.05) is 20.2 Å². The number of ketones is 1. The third kappa shape index (κ3) is 2.73. The first kappa shape index (κ1) is 15.6.